The van der Waals surface area contributed by atoms with Gasteiger partial charge in [-0.05, 0) is 0 Å². The molecule has 0 amide bonds. The zero-order chi connectivity index (χ0) is 11.1. The van der Waals surface area contributed by atoms with Crippen molar-refractivity contribution < 1.29 is 24.8 Å². The van der Waals surface area contributed by atoms with Crippen LogP contribution < -0.4 is 5.73 Å². The maximum absolute atomic E-state index is 9.17. The molecule has 5 N–H and O–H groups in total. The lowest BCUT2D eigenvalue weighted by molar-refractivity contribution is -0.207. The Bertz CT molecular complexity index is 134. The minimum Gasteiger partial charge on any atom is -0.394 e. The van der Waals surface area contributed by atoms with Gasteiger partial charge >= 0.3 is 0 Å². The molecule has 1 rings (SSSR count). The van der Waals surface area contributed by atoms with Crippen molar-refractivity contribution in [2.75, 3.05) is 20.8 Å². The van der Waals surface area contributed by atoms with Crippen LogP contribution in [0.5, 0.6) is 0 Å². The third kappa shape index (κ3) is 4.32. The van der Waals surface area contributed by atoms with Crippen LogP contribution in [0.4, 0.5) is 0 Å². The summed E-state index contributed by atoms with van der Waals surface area (Å²) in [7, 11) is 3.25. The first-order valence-corrected chi connectivity index (χ1v) is 4.35. The van der Waals surface area contributed by atoms with Gasteiger partial charge in [-0.15, -0.1) is 0 Å². The lowest BCUT2D eigenvalue weighted by Gasteiger charge is -2.34. The fraction of sp³-hybridized carbons (Fsp3) is 1.00. The molecule has 0 saturated carbocycles. The molecule has 4 atom stereocenters. The molecule has 14 heavy (non-hydrogen) atoms. The van der Waals surface area contributed by atoms with Gasteiger partial charge in [-0.1, -0.05) is 0 Å². The molecule has 3 unspecified atom stereocenters. The largest absolute Gasteiger partial charge is 0.394 e. The Labute approximate surface area is 83.2 Å². The third-order valence-electron chi connectivity index (χ3n) is 1.81. The zero-order valence-corrected chi connectivity index (χ0v) is 8.46. The van der Waals surface area contributed by atoms with Crippen molar-refractivity contribution in [1.82, 2.24) is 0 Å². The van der Waals surface area contributed by atoms with E-state index in [1.54, 1.807) is 14.2 Å². The van der Waals surface area contributed by atoms with Gasteiger partial charge in [0.25, 0.3) is 0 Å². The van der Waals surface area contributed by atoms with Crippen LogP contribution >= 0.6 is 0 Å². The predicted molar refractivity (Wildman–Crippen MR) is 49.5 cm³/mol. The molecule has 0 radical (unpaired) electrons. The second-order valence-electron chi connectivity index (χ2n) is 3.12. The summed E-state index contributed by atoms with van der Waals surface area (Å²) in [6.45, 7) is -0.208. The Morgan fingerprint density at radius 1 is 1.43 bits per heavy atom. The smallest absolute Gasteiger partial charge is 0.172 e. The SMILES string of the molecule is COC.N[C@H]1C(O)CC(CO)OC1O. The van der Waals surface area contributed by atoms with E-state index in [1.165, 1.54) is 0 Å². The predicted octanol–water partition coefficient (Wildman–Crippen LogP) is -1.96. The molecule has 6 nitrogen and oxygen atoms in total. The van der Waals surface area contributed by atoms with E-state index in [0.717, 1.165) is 0 Å². The number of rotatable bonds is 1. The lowest BCUT2D eigenvalue weighted by Crippen LogP contribution is -2.53. The van der Waals surface area contributed by atoms with Crippen LogP contribution in [-0.4, -0.2) is 60.7 Å². The molecular formula is C8H19NO5. The Kier molecular flexibility index (Phi) is 6.98. The van der Waals surface area contributed by atoms with Crippen LogP contribution in [0.15, 0.2) is 0 Å². The first-order chi connectivity index (χ1) is 6.56. The number of nitrogens with two attached hydrogens (primary N) is 1. The lowest BCUT2D eigenvalue weighted by atomic mass is 10.0. The molecule has 1 heterocycles. The van der Waals surface area contributed by atoms with E-state index < -0.39 is 24.5 Å². The van der Waals surface area contributed by atoms with Gasteiger partial charge in [-0.25, -0.2) is 0 Å². The van der Waals surface area contributed by atoms with E-state index in [1.807, 2.05) is 0 Å². The molecule has 1 aliphatic rings. The zero-order valence-electron chi connectivity index (χ0n) is 8.46. The molecule has 0 aromatic rings. The van der Waals surface area contributed by atoms with Gasteiger partial charge in [0, 0.05) is 20.6 Å². The van der Waals surface area contributed by atoms with Gasteiger partial charge in [0.2, 0.25) is 0 Å². The molecule has 1 saturated heterocycles. The van der Waals surface area contributed by atoms with Gasteiger partial charge in [0.15, 0.2) is 6.29 Å². The number of methoxy groups -OCH3 is 1. The van der Waals surface area contributed by atoms with Crippen molar-refractivity contribution in [3.8, 4) is 0 Å². The molecule has 0 aromatic carbocycles. The monoisotopic (exact) mass is 209 g/mol. The average molecular weight is 209 g/mol. The summed E-state index contributed by atoms with van der Waals surface area (Å²) in [6.07, 6.45) is -2.19. The summed E-state index contributed by atoms with van der Waals surface area (Å²) in [5.41, 5.74) is 5.33. The van der Waals surface area contributed by atoms with E-state index in [4.69, 9.17) is 20.7 Å². The van der Waals surface area contributed by atoms with E-state index in [0.29, 0.717) is 0 Å². The molecular weight excluding hydrogens is 190 g/mol. The van der Waals surface area contributed by atoms with E-state index >= 15 is 0 Å². The van der Waals surface area contributed by atoms with Gasteiger partial charge in [-0.3, -0.25) is 0 Å². The highest BCUT2D eigenvalue weighted by atomic mass is 16.6. The molecule has 0 bridgehead atoms. The van der Waals surface area contributed by atoms with Crippen molar-refractivity contribution in [1.29, 1.82) is 0 Å². The van der Waals surface area contributed by atoms with Crippen molar-refractivity contribution in [3.63, 3.8) is 0 Å². The summed E-state index contributed by atoms with van der Waals surface area (Å²) < 4.78 is 9.09. The summed E-state index contributed by atoms with van der Waals surface area (Å²) in [6, 6.07) is -0.766. The maximum Gasteiger partial charge on any atom is 0.172 e. The van der Waals surface area contributed by atoms with Crippen molar-refractivity contribution >= 4 is 0 Å². The Balaban J connectivity index is 0.000000500. The van der Waals surface area contributed by atoms with Crippen LogP contribution in [-0.2, 0) is 9.47 Å². The topological polar surface area (TPSA) is 105 Å². The first kappa shape index (κ1) is 13.8. The highest BCUT2D eigenvalue weighted by molar-refractivity contribution is 4.82. The minimum atomic E-state index is -1.17. The quantitative estimate of drug-likeness (QED) is 0.399. The standard InChI is InChI=1S/C6H13NO4.C2H6O/c7-5-4(9)1-3(2-8)11-6(5)10;1-3-2/h3-6,8-10H,1-2,7H2;1-2H3/t3?,4?,5-,6?;/m0./s1. The normalized spacial score (nSPS) is 37.3. The van der Waals surface area contributed by atoms with Crippen molar-refractivity contribution in [2.24, 2.45) is 5.73 Å². The van der Waals surface area contributed by atoms with E-state index in [9.17, 15) is 5.11 Å². The number of aliphatic hydroxyl groups is 3. The highest BCUT2D eigenvalue weighted by Gasteiger charge is 2.33. The fourth-order valence-electron chi connectivity index (χ4n) is 1.08. The molecule has 1 fully saturated rings. The number of hydrogen-bond acceptors (Lipinski definition) is 6. The van der Waals surface area contributed by atoms with Crippen molar-refractivity contribution in [2.45, 2.75) is 31.0 Å². The van der Waals surface area contributed by atoms with Gasteiger partial charge in [0.1, 0.15) is 0 Å². The van der Waals surface area contributed by atoms with Crippen LogP contribution in [0.2, 0.25) is 0 Å². The number of hydrogen-bond donors (Lipinski definition) is 4. The Morgan fingerprint density at radius 2 is 1.93 bits per heavy atom. The van der Waals surface area contributed by atoms with Gasteiger partial charge in [-0.2, -0.15) is 0 Å². The summed E-state index contributed by atoms with van der Waals surface area (Å²) in [5, 5.41) is 26.8. The van der Waals surface area contributed by atoms with Crippen LogP contribution in [0.1, 0.15) is 6.42 Å². The highest BCUT2D eigenvalue weighted by Crippen LogP contribution is 2.16. The average Bonchev–Trinajstić information content (AvgIpc) is 2.14. The summed E-state index contributed by atoms with van der Waals surface area (Å²) >= 11 is 0. The Hall–Kier alpha value is -0.240. The third-order valence-corrected chi connectivity index (χ3v) is 1.81. The second-order valence-corrected chi connectivity index (χ2v) is 3.12. The Morgan fingerprint density at radius 3 is 2.29 bits per heavy atom. The fourth-order valence-corrected chi connectivity index (χ4v) is 1.08. The van der Waals surface area contributed by atoms with Crippen LogP contribution in [0.3, 0.4) is 0 Å². The molecule has 0 spiro atoms. The first-order valence-electron chi connectivity index (χ1n) is 4.35. The van der Waals surface area contributed by atoms with E-state index in [-0.39, 0.29) is 13.0 Å². The summed E-state index contributed by atoms with van der Waals surface area (Å²) in [5.74, 6) is 0. The van der Waals surface area contributed by atoms with Crippen molar-refractivity contribution in [3.05, 3.63) is 0 Å². The molecule has 0 aromatic heterocycles. The maximum atomic E-state index is 9.17. The van der Waals surface area contributed by atoms with Crippen LogP contribution in [0, 0.1) is 0 Å². The molecule has 1 aliphatic heterocycles. The second kappa shape index (κ2) is 7.10. The molecule has 6 heteroatoms. The van der Waals surface area contributed by atoms with Gasteiger partial charge < -0.3 is 30.5 Å². The molecule has 0 aliphatic carbocycles. The molecule has 86 valence electrons. The number of ether oxygens (including phenoxy) is 2. The van der Waals surface area contributed by atoms with Crippen LogP contribution in [0.25, 0.3) is 0 Å². The van der Waals surface area contributed by atoms with Gasteiger partial charge in [0.05, 0.1) is 24.9 Å². The minimum absolute atomic E-state index is 0.208. The van der Waals surface area contributed by atoms with E-state index in [2.05, 4.69) is 4.74 Å². The summed E-state index contributed by atoms with van der Waals surface area (Å²) in [4.78, 5) is 0. The number of aliphatic hydroxyl groups excluding tert-OH is 3.